The molecule has 2 aliphatic rings. The van der Waals surface area contributed by atoms with Crippen molar-refractivity contribution in [2.75, 3.05) is 18.0 Å². The van der Waals surface area contributed by atoms with E-state index >= 15 is 0 Å². The van der Waals surface area contributed by atoms with Gasteiger partial charge in [0.1, 0.15) is 0 Å². The summed E-state index contributed by atoms with van der Waals surface area (Å²) in [6.07, 6.45) is 4.99. The van der Waals surface area contributed by atoms with E-state index in [1.54, 1.807) is 12.1 Å². The molecular formula is C15H17NO4. The zero-order valence-electron chi connectivity index (χ0n) is 11.1. The molecule has 1 saturated heterocycles. The highest BCUT2D eigenvalue weighted by molar-refractivity contribution is 5.95. The van der Waals surface area contributed by atoms with Gasteiger partial charge in [-0.2, -0.15) is 0 Å². The molecule has 2 fully saturated rings. The Kier molecular flexibility index (Phi) is 2.92. The molecule has 0 amide bonds. The highest BCUT2D eigenvalue weighted by atomic mass is 16.4. The fourth-order valence-electron chi connectivity index (χ4n) is 3.43. The van der Waals surface area contributed by atoms with Crippen LogP contribution in [0.15, 0.2) is 18.2 Å². The van der Waals surface area contributed by atoms with Gasteiger partial charge in [-0.1, -0.05) is 12.8 Å². The van der Waals surface area contributed by atoms with E-state index in [1.807, 2.05) is 0 Å². The summed E-state index contributed by atoms with van der Waals surface area (Å²) in [5.74, 6) is -2.18. The molecule has 20 heavy (non-hydrogen) atoms. The van der Waals surface area contributed by atoms with E-state index in [1.165, 1.54) is 31.7 Å². The zero-order chi connectivity index (χ0) is 14.3. The van der Waals surface area contributed by atoms with Gasteiger partial charge < -0.3 is 15.1 Å². The second kappa shape index (κ2) is 4.51. The average molecular weight is 275 g/mol. The summed E-state index contributed by atoms with van der Waals surface area (Å²) in [6.45, 7) is 1.82. The third kappa shape index (κ3) is 2.13. The van der Waals surface area contributed by atoms with Crippen LogP contribution in [0.3, 0.4) is 0 Å². The Morgan fingerprint density at radius 2 is 1.45 bits per heavy atom. The molecule has 106 valence electrons. The van der Waals surface area contributed by atoms with Crippen LogP contribution in [-0.2, 0) is 0 Å². The van der Waals surface area contributed by atoms with Crippen LogP contribution in [0.5, 0.6) is 0 Å². The van der Waals surface area contributed by atoms with Gasteiger partial charge >= 0.3 is 11.9 Å². The largest absolute Gasteiger partial charge is 0.478 e. The summed E-state index contributed by atoms with van der Waals surface area (Å²) in [6, 6.07) is 4.34. The quantitative estimate of drug-likeness (QED) is 0.886. The maximum Gasteiger partial charge on any atom is 0.335 e. The Hall–Kier alpha value is -2.04. The lowest BCUT2D eigenvalue weighted by atomic mass is 9.78. The molecule has 5 heteroatoms. The summed E-state index contributed by atoms with van der Waals surface area (Å²) in [5, 5.41) is 18.2. The summed E-state index contributed by atoms with van der Waals surface area (Å²) < 4.78 is 0. The molecule has 1 aliphatic carbocycles. The number of carboxylic acids is 2. The van der Waals surface area contributed by atoms with Crippen LogP contribution < -0.4 is 4.90 Å². The second-order valence-electron chi connectivity index (χ2n) is 5.94. The molecular weight excluding hydrogens is 258 g/mol. The van der Waals surface area contributed by atoms with Crippen LogP contribution in [0, 0.1) is 5.41 Å². The van der Waals surface area contributed by atoms with Gasteiger partial charge in [0.25, 0.3) is 0 Å². The second-order valence-corrected chi connectivity index (χ2v) is 5.94. The van der Waals surface area contributed by atoms with Crippen LogP contribution >= 0.6 is 0 Å². The number of carbonyl (C=O) groups is 2. The van der Waals surface area contributed by atoms with Crippen molar-refractivity contribution in [3.8, 4) is 0 Å². The van der Waals surface area contributed by atoms with E-state index < -0.39 is 11.9 Å². The number of benzene rings is 1. The number of hydrogen-bond donors (Lipinski definition) is 2. The number of anilines is 1. The first-order valence-electron chi connectivity index (χ1n) is 6.86. The molecule has 1 spiro atoms. The molecule has 0 aromatic heterocycles. The number of rotatable bonds is 3. The van der Waals surface area contributed by atoms with Gasteiger partial charge in [0.2, 0.25) is 0 Å². The Bertz CT molecular complexity index is 535. The maximum atomic E-state index is 11.1. The first-order valence-corrected chi connectivity index (χ1v) is 6.86. The number of aromatic carboxylic acids is 2. The normalized spacial score (nSPS) is 19.9. The van der Waals surface area contributed by atoms with Crippen molar-refractivity contribution in [3.63, 3.8) is 0 Å². The minimum absolute atomic E-state index is 0.0345. The Labute approximate surface area is 116 Å². The molecule has 1 heterocycles. The minimum Gasteiger partial charge on any atom is -0.478 e. The molecule has 3 rings (SSSR count). The molecule has 1 aromatic carbocycles. The smallest absolute Gasteiger partial charge is 0.335 e. The number of carboxylic acid groups (broad SMARTS) is 2. The third-order valence-corrected chi connectivity index (χ3v) is 4.49. The van der Waals surface area contributed by atoms with Crippen LogP contribution in [0.1, 0.15) is 46.4 Å². The molecule has 1 aliphatic heterocycles. The lowest BCUT2D eigenvalue weighted by Crippen LogP contribution is -2.55. The van der Waals surface area contributed by atoms with Gasteiger partial charge in [-0.15, -0.1) is 0 Å². The fourth-order valence-corrected chi connectivity index (χ4v) is 3.43. The van der Waals surface area contributed by atoms with E-state index in [2.05, 4.69) is 4.90 Å². The van der Waals surface area contributed by atoms with Gasteiger partial charge in [-0.3, -0.25) is 0 Å². The van der Waals surface area contributed by atoms with E-state index in [0.29, 0.717) is 11.1 Å². The van der Waals surface area contributed by atoms with Crippen molar-refractivity contribution in [2.24, 2.45) is 5.41 Å². The summed E-state index contributed by atoms with van der Waals surface area (Å²) in [7, 11) is 0. The standard InChI is InChI=1S/C15H17NO4/c17-13(18)10-5-11(14(19)20)7-12(6-10)16-8-15(9-16)3-1-2-4-15/h5-7H,1-4,8-9H2,(H,17,18)(H,19,20). The van der Waals surface area contributed by atoms with Crippen molar-refractivity contribution < 1.29 is 19.8 Å². The Balaban J connectivity index is 1.86. The maximum absolute atomic E-state index is 11.1. The lowest BCUT2D eigenvalue weighted by molar-refractivity contribution is 0.0696. The number of nitrogens with zero attached hydrogens (tertiary/aromatic N) is 1. The predicted octanol–water partition coefficient (Wildman–Crippen LogP) is 2.46. The van der Waals surface area contributed by atoms with E-state index in [0.717, 1.165) is 13.1 Å². The van der Waals surface area contributed by atoms with E-state index in [4.69, 9.17) is 10.2 Å². The SMILES string of the molecule is O=C(O)c1cc(C(=O)O)cc(N2CC3(CCCC3)C2)c1. The van der Waals surface area contributed by atoms with Gasteiger partial charge in [0, 0.05) is 24.2 Å². The summed E-state index contributed by atoms with van der Waals surface area (Å²) in [5.41, 5.74) is 1.17. The first kappa shape index (κ1) is 13.0. The van der Waals surface area contributed by atoms with E-state index in [-0.39, 0.29) is 11.1 Å². The van der Waals surface area contributed by atoms with Gasteiger partial charge in [0.05, 0.1) is 11.1 Å². The number of hydrogen-bond acceptors (Lipinski definition) is 3. The lowest BCUT2D eigenvalue weighted by Gasteiger charge is -2.50. The van der Waals surface area contributed by atoms with Crippen molar-refractivity contribution in [3.05, 3.63) is 29.3 Å². The zero-order valence-corrected chi connectivity index (χ0v) is 11.1. The van der Waals surface area contributed by atoms with Gasteiger partial charge in [0.15, 0.2) is 0 Å². The van der Waals surface area contributed by atoms with Crippen LogP contribution in [-0.4, -0.2) is 35.2 Å². The van der Waals surface area contributed by atoms with Crippen LogP contribution in [0.2, 0.25) is 0 Å². The molecule has 5 nitrogen and oxygen atoms in total. The molecule has 0 atom stereocenters. The third-order valence-electron chi connectivity index (χ3n) is 4.49. The first-order chi connectivity index (χ1) is 9.49. The highest BCUT2D eigenvalue weighted by Crippen LogP contribution is 2.47. The monoisotopic (exact) mass is 275 g/mol. The summed E-state index contributed by atoms with van der Waals surface area (Å²) in [4.78, 5) is 24.3. The van der Waals surface area contributed by atoms with Crippen molar-refractivity contribution >= 4 is 17.6 Å². The fraction of sp³-hybridized carbons (Fsp3) is 0.467. The van der Waals surface area contributed by atoms with Crippen molar-refractivity contribution in [1.82, 2.24) is 0 Å². The molecule has 1 aromatic rings. The van der Waals surface area contributed by atoms with Gasteiger partial charge in [-0.25, -0.2) is 9.59 Å². The Morgan fingerprint density at radius 1 is 0.950 bits per heavy atom. The Morgan fingerprint density at radius 3 is 1.90 bits per heavy atom. The van der Waals surface area contributed by atoms with Crippen molar-refractivity contribution in [2.45, 2.75) is 25.7 Å². The molecule has 1 saturated carbocycles. The minimum atomic E-state index is -1.09. The topological polar surface area (TPSA) is 77.8 Å². The molecule has 0 bridgehead atoms. The predicted molar refractivity (Wildman–Crippen MR) is 73.5 cm³/mol. The molecule has 2 N–H and O–H groups in total. The highest BCUT2D eigenvalue weighted by Gasteiger charge is 2.44. The van der Waals surface area contributed by atoms with Crippen molar-refractivity contribution in [1.29, 1.82) is 0 Å². The van der Waals surface area contributed by atoms with Crippen LogP contribution in [0.25, 0.3) is 0 Å². The van der Waals surface area contributed by atoms with Gasteiger partial charge in [-0.05, 0) is 31.0 Å². The average Bonchev–Trinajstić information content (AvgIpc) is 2.85. The molecule has 0 radical (unpaired) electrons. The summed E-state index contributed by atoms with van der Waals surface area (Å²) >= 11 is 0. The molecule has 0 unspecified atom stereocenters. The van der Waals surface area contributed by atoms with E-state index in [9.17, 15) is 9.59 Å². The van der Waals surface area contributed by atoms with Crippen LogP contribution in [0.4, 0.5) is 5.69 Å².